The average molecular weight is 123 g/mol. The molecule has 0 spiro atoms. The normalized spacial score (nSPS) is 13.0. The highest BCUT2D eigenvalue weighted by atomic mass is 16.3. The average Bonchev–Trinajstić information content (AvgIpc) is 2.37. The van der Waals surface area contributed by atoms with Crippen molar-refractivity contribution in [1.82, 2.24) is 4.98 Å². The molecule has 0 saturated carbocycles. The summed E-state index contributed by atoms with van der Waals surface area (Å²) in [7, 11) is 0. The van der Waals surface area contributed by atoms with Gasteiger partial charge in [-0.2, -0.15) is 0 Å². The second kappa shape index (κ2) is 2.51. The molecule has 1 atom stereocenters. The van der Waals surface area contributed by atoms with Crippen molar-refractivity contribution >= 4 is 0 Å². The zero-order valence-corrected chi connectivity index (χ0v) is 5.04. The van der Waals surface area contributed by atoms with Crippen LogP contribution in [0.2, 0.25) is 0 Å². The van der Waals surface area contributed by atoms with Crippen molar-refractivity contribution in [3.8, 4) is 0 Å². The molecule has 0 saturated heterocycles. The summed E-state index contributed by atoms with van der Waals surface area (Å²) in [6.45, 7) is 3.45. The summed E-state index contributed by atoms with van der Waals surface area (Å²) < 4.78 is 0. The Bertz CT molecular complexity index is 179. The fourth-order valence-electron chi connectivity index (χ4n) is 0.655. The molecule has 0 amide bonds. The minimum atomic E-state index is -0.556. The van der Waals surface area contributed by atoms with E-state index in [2.05, 4.69) is 11.6 Å². The molecule has 0 fully saturated rings. The van der Waals surface area contributed by atoms with Gasteiger partial charge in [-0.25, -0.2) is 0 Å². The number of aromatic amines is 1. The standard InChI is InChI=1S/C7H9NO/c1-2-7(9)6-4-3-5-8-6/h2-5,7-9H,1H2. The second-order valence-corrected chi connectivity index (χ2v) is 1.81. The topological polar surface area (TPSA) is 36.0 Å². The smallest absolute Gasteiger partial charge is 0.112 e. The quantitative estimate of drug-likeness (QED) is 0.570. The molecule has 0 bridgehead atoms. The Balaban J connectivity index is 2.76. The molecule has 1 aromatic heterocycles. The van der Waals surface area contributed by atoms with E-state index in [9.17, 15) is 0 Å². The van der Waals surface area contributed by atoms with Gasteiger partial charge in [0.2, 0.25) is 0 Å². The third kappa shape index (κ3) is 1.21. The Kier molecular flexibility index (Phi) is 1.70. The number of aliphatic hydroxyl groups excluding tert-OH is 1. The number of rotatable bonds is 2. The highest BCUT2D eigenvalue weighted by molar-refractivity contribution is 5.10. The number of hydrogen-bond donors (Lipinski definition) is 2. The molecule has 0 aliphatic heterocycles. The maximum atomic E-state index is 9.07. The molecule has 48 valence electrons. The molecule has 2 heteroatoms. The number of H-pyrrole nitrogens is 1. The van der Waals surface area contributed by atoms with Gasteiger partial charge in [0, 0.05) is 11.9 Å². The van der Waals surface area contributed by atoms with Crippen LogP contribution in [-0.4, -0.2) is 10.1 Å². The van der Waals surface area contributed by atoms with Gasteiger partial charge in [-0.05, 0) is 12.1 Å². The molecule has 1 rings (SSSR count). The number of aromatic nitrogens is 1. The number of aliphatic hydroxyl groups is 1. The van der Waals surface area contributed by atoms with Crippen LogP contribution in [0, 0.1) is 0 Å². The van der Waals surface area contributed by atoms with Gasteiger partial charge in [-0.1, -0.05) is 6.08 Å². The predicted octanol–water partition coefficient (Wildman–Crippen LogP) is 1.23. The van der Waals surface area contributed by atoms with Gasteiger partial charge in [0.1, 0.15) is 6.10 Å². The van der Waals surface area contributed by atoms with Crippen molar-refractivity contribution in [3.05, 3.63) is 36.7 Å². The number of hydrogen-bond acceptors (Lipinski definition) is 1. The molecule has 1 heterocycles. The van der Waals surface area contributed by atoms with E-state index in [4.69, 9.17) is 5.11 Å². The Morgan fingerprint density at radius 3 is 3.00 bits per heavy atom. The van der Waals surface area contributed by atoms with E-state index in [1.54, 1.807) is 6.20 Å². The summed E-state index contributed by atoms with van der Waals surface area (Å²) in [6, 6.07) is 3.65. The highest BCUT2D eigenvalue weighted by Gasteiger charge is 1.99. The van der Waals surface area contributed by atoms with Crippen LogP contribution in [0.3, 0.4) is 0 Å². The summed E-state index contributed by atoms with van der Waals surface area (Å²) in [5.41, 5.74) is 0.782. The van der Waals surface area contributed by atoms with E-state index >= 15 is 0 Å². The van der Waals surface area contributed by atoms with Crippen molar-refractivity contribution in [2.24, 2.45) is 0 Å². The molecular weight excluding hydrogens is 114 g/mol. The number of nitrogens with one attached hydrogen (secondary N) is 1. The van der Waals surface area contributed by atoms with Crippen LogP contribution in [0.4, 0.5) is 0 Å². The van der Waals surface area contributed by atoms with E-state index in [1.165, 1.54) is 6.08 Å². The van der Waals surface area contributed by atoms with E-state index < -0.39 is 6.10 Å². The molecule has 0 aliphatic carbocycles. The Morgan fingerprint density at radius 1 is 1.78 bits per heavy atom. The van der Waals surface area contributed by atoms with Crippen LogP contribution in [-0.2, 0) is 0 Å². The largest absolute Gasteiger partial charge is 0.383 e. The minimum absolute atomic E-state index is 0.556. The van der Waals surface area contributed by atoms with Crippen molar-refractivity contribution in [2.75, 3.05) is 0 Å². The van der Waals surface area contributed by atoms with E-state index in [1.807, 2.05) is 12.1 Å². The lowest BCUT2D eigenvalue weighted by Crippen LogP contribution is -1.90. The van der Waals surface area contributed by atoms with Crippen LogP contribution >= 0.6 is 0 Å². The third-order valence-electron chi connectivity index (χ3n) is 1.16. The van der Waals surface area contributed by atoms with Crippen molar-refractivity contribution in [3.63, 3.8) is 0 Å². The second-order valence-electron chi connectivity index (χ2n) is 1.81. The van der Waals surface area contributed by atoms with Crippen molar-refractivity contribution in [1.29, 1.82) is 0 Å². The summed E-state index contributed by atoms with van der Waals surface area (Å²) >= 11 is 0. The minimum Gasteiger partial charge on any atom is -0.383 e. The van der Waals surface area contributed by atoms with Crippen LogP contribution < -0.4 is 0 Å². The Hall–Kier alpha value is -1.02. The van der Waals surface area contributed by atoms with Gasteiger partial charge in [-0.15, -0.1) is 6.58 Å². The SMILES string of the molecule is C=CC(O)c1ccc[nH]1. The lowest BCUT2D eigenvalue weighted by molar-refractivity contribution is 0.225. The van der Waals surface area contributed by atoms with Crippen LogP contribution in [0.1, 0.15) is 11.8 Å². The van der Waals surface area contributed by atoms with Crippen LogP contribution in [0.5, 0.6) is 0 Å². The zero-order chi connectivity index (χ0) is 6.69. The van der Waals surface area contributed by atoms with E-state index in [-0.39, 0.29) is 0 Å². The van der Waals surface area contributed by atoms with Gasteiger partial charge in [0.15, 0.2) is 0 Å². The fourth-order valence-corrected chi connectivity index (χ4v) is 0.655. The molecule has 1 aromatic rings. The molecule has 0 aliphatic rings. The third-order valence-corrected chi connectivity index (χ3v) is 1.16. The van der Waals surface area contributed by atoms with Crippen molar-refractivity contribution in [2.45, 2.75) is 6.10 Å². The maximum absolute atomic E-state index is 9.07. The summed E-state index contributed by atoms with van der Waals surface area (Å²) in [5, 5.41) is 9.07. The van der Waals surface area contributed by atoms with Crippen molar-refractivity contribution < 1.29 is 5.11 Å². The molecule has 0 radical (unpaired) electrons. The first-order valence-electron chi connectivity index (χ1n) is 2.78. The molecule has 2 nitrogen and oxygen atoms in total. The van der Waals surface area contributed by atoms with Gasteiger partial charge in [0.05, 0.1) is 0 Å². The summed E-state index contributed by atoms with van der Waals surface area (Å²) in [4.78, 5) is 2.87. The van der Waals surface area contributed by atoms with Gasteiger partial charge in [0.25, 0.3) is 0 Å². The summed E-state index contributed by atoms with van der Waals surface area (Å²) in [6.07, 6.45) is 2.69. The lowest BCUT2D eigenvalue weighted by atomic mass is 10.3. The molecule has 0 aromatic carbocycles. The first-order chi connectivity index (χ1) is 4.34. The highest BCUT2D eigenvalue weighted by Crippen LogP contribution is 2.08. The van der Waals surface area contributed by atoms with Crippen LogP contribution in [0.25, 0.3) is 0 Å². The maximum Gasteiger partial charge on any atom is 0.112 e. The molecular formula is C7H9NO. The monoisotopic (exact) mass is 123 g/mol. The lowest BCUT2D eigenvalue weighted by Gasteiger charge is -1.98. The van der Waals surface area contributed by atoms with Gasteiger partial charge < -0.3 is 10.1 Å². The first-order valence-corrected chi connectivity index (χ1v) is 2.78. The van der Waals surface area contributed by atoms with Crippen LogP contribution in [0.15, 0.2) is 31.0 Å². The predicted molar refractivity (Wildman–Crippen MR) is 35.9 cm³/mol. The molecule has 1 unspecified atom stereocenters. The van der Waals surface area contributed by atoms with Gasteiger partial charge in [-0.3, -0.25) is 0 Å². The van der Waals surface area contributed by atoms with E-state index in [0.717, 1.165) is 5.69 Å². The molecule has 9 heavy (non-hydrogen) atoms. The fraction of sp³-hybridized carbons (Fsp3) is 0.143. The Labute approximate surface area is 53.8 Å². The Morgan fingerprint density at radius 2 is 2.56 bits per heavy atom. The van der Waals surface area contributed by atoms with E-state index in [0.29, 0.717) is 0 Å². The summed E-state index contributed by atoms with van der Waals surface area (Å²) in [5.74, 6) is 0. The molecule has 2 N–H and O–H groups in total. The van der Waals surface area contributed by atoms with Gasteiger partial charge >= 0.3 is 0 Å². The first kappa shape index (κ1) is 6.11. The zero-order valence-electron chi connectivity index (χ0n) is 5.04.